The maximum absolute atomic E-state index is 12.2. The molecule has 0 amide bonds. The van der Waals surface area contributed by atoms with Crippen molar-refractivity contribution < 1.29 is 67.7 Å². The van der Waals surface area contributed by atoms with E-state index >= 15 is 0 Å². The summed E-state index contributed by atoms with van der Waals surface area (Å²) in [5, 5.41) is 33.5. The first-order valence-corrected chi connectivity index (χ1v) is 23.3. The zero-order valence-electron chi connectivity index (χ0n) is 41.6. The second-order valence-electron chi connectivity index (χ2n) is 18.4. The third kappa shape index (κ3) is 15.9. The van der Waals surface area contributed by atoms with Gasteiger partial charge in [-0.15, -0.1) is 0 Å². The largest absolute Gasteiger partial charge is 0.508 e. The van der Waals surface area contributed by atoms with Crippen LogP contribution in [0.15, 0.2) is 109 Å². The number of carbonyl (C=O) groups excluding carboxylic acids is 5. The Morgan fingerprint density at radius 2 is 0.843 bits per heavy atom. The van der Waals surface area contributed by atoms with Gasteiger partial charge in [0, 0.05) is 5.39 Å². The predicted octanol–water partition coefficient (Wildman–Crippen LogP) is 11.3. The second kappa shape index (κ2) is 25.3. The van der Waals surface area contributed by atoms with Gasteiger partial charge in [-0.25, -0.2) is 9.59 Å². The van der Waals surface area contributed by atoms with Crippen LogP contribution in [0.3, 0.4) is 0 Å². The molecule has 3 N–H and O–H groups in total. The van der Waals surface area contributed by atoms with Crippen molar-refractivity contribution in [1.82, 2.24) is 0 Å². The van der Waals surface area contributed by atoms with E-state index < -0.39 is 28.2 Å². The quantitative estimate of drug-likeness (QED) is 0.0417. The first-order chi connectivity index (χ1) is 33.1. The van der Waals surface area contributed by atoms with E-state index in [9.17, 15) is 39.3 Å². The molecule has 0 unspecified atom stereocenters. The zero-order chi connectivity index (χ0) is 51.6. The van der Waals surface area contributed by atoms with Crippen molar-refractivity contribution in [2.24, 2.45) is 16.2 Å². The van der Waals surface area contributed by atoms with Crippen molar-refractivity contribution in [3.8, 4) is 23.0 Å². The highest BCUT2D eigenvalue weighted by Gasteiger charge is 2.29. The molecule has 70 heavy (non-hydrogen) atoms. The van der Waals surface area contributed by atoms with E-state index in [2.05, 4.69) is 0 Å². The Morgan fingerprint density at radius 3 is 1.37 bits per heavy atom. The van der Waals surface area contributed by atoms with Crippen LogP contribution < -0.4 is 4.74 Å². The van der Waals surface area contributed by atoms with E-state index in [1.54, 1.807) is 84.9 Å². The van der Waals surface area contributed by atoms with Crippen molar-refractivity contribution in [3.05, 3.63) is 120 Å². The Balaban J connectivity index is 0.000000229. The van der Waals surface area contributed by atoms with Crippen LogP contribution >= 0.6 is 0 Å². The number of phenolic OH excluding ortho intramolecular Hbond substituents is 3. The number of carbonyl (C=O) groups is 5. The molecule has 0 radical (unpaired) electrons. The van der Waals surface area contributed by atoms with Gasteiger partial charge in [-0.3, -0.25) is 14.4 Å². The minimum atomic E-state index is -0.544. The number of fused-ring (bicyclic) bond motifs is 3. The van der Waals surface area contributed by atoms with Crippen LogP contribution in [-0.4, -0.2) is 84.8 Å². The Labute approximate surface area is 409 Å². The highest BCUT2D eigenvalue weighted by Crippen LogP contribution is 2.29. The number of benzene rings is 6. The summed E-state index contributed by atoms with van der Waals surface area (Å²) >= 11 is 0. The minimum absolute atomic E-state index is 0.0119. The Hall–Kier alpha value is -7.35. The molecule has 14 heteroatoms. The van der Waals surface area contributed by atoms with Gasteiger partial charge in [-0.1, -0.05) is 69.3 Å². The molecule has 6 aromatic rings. The van der Waals surface area contributed by atoms with E-state index in [0.29, 0.717) is 47.1 Å². The number of hydrogen-bond acceptors (Lipinski definition) is 14. The molecule has 6 rings (SSSR count). The molecule has 0 aliphatic heterocycles. The molecule has 0 atom stereocenters. The van der Waals surface area contributed by atoms with Crippen molar-refractivity contribution in [2.45, 2.75) is 81.6 Å². The number of ether oxygens (including phenoxy) is 6. The lowest BCUT2D eigenvalue weighted by Gasteiger charge is -2.20. The number of phenols is 3. The molecule has 6 aromatic carbocycles. The summed E-state index contributed by atoms with van der Waals surface area (Å²) in [7, 11) is 0. The fraction of sp³-hybridized carbons (Fsp3) is 0.375. The van der Waals surface area contributed by atoms with Crippen LogP contribution in [0, 0.1) is 16.2 Å². The van der Waals surface area contributed by atoms with Gasteiger partial charge in [0.2, 0.25) is 0 Å². The topological polar surface area (TPSA) is 201 Å². The summed E-state index contributed by atoms with van der Waals surface area (Å²) in [5.41, 5.74) is -0.757. The lowest BCUT2D eigenvalue weighted by Crippen LogP contribution is -2.27. The predicted molar refractivity (Wildman–Crippen MR) is 268 cm³/mol. The van der Waals surface area contributed by atoms with Gasteiger partial charge in [-0.2, -0.15) is 0 Å². The Bertz CT molecular complexity index is 2750. The van der Waals surface area contributed by atoms with E-state index in [1.807, 2.05) is 86.6 Å². The van der Waals surface area contributed by atoms with Gasteiger partial charge in [0.15, 0.2) is 0 Å². The van der Waals surface area contributed by atoms with Gasteiger partial charge in [0.25, 0.3) is 0 Å². The lowest BCUT2D eigenvalue weighted by atomic mass is 9.91. The van der Waals surface area contributed by atoms with Crippen LogP contribution in [0.25, 0.3) is 32.3 Å². The summed E-state index contributed by atoms with van der Waals surface area (Å²) in [6.07, 6.45) is 2.09. The van der Waals surface area contributed by atoms with E-state index in [4.69, 9.17) is 28.4 Å². The van der Waals surface area contributed by atoms with Crippen LogP contribution in [0.2, 0.25) is 0 Å². The van der Waals surface area contributed by atoms with Crippen molar-refractivity contribution >= 4 is 62.2 Å². The van der Waals surface area contributed by atoms with E-state index in [-0.39, 0.29) is 68.2 Å². The second-order valence-corrected chi connectivity index (χ2v) is 18.4. The third-order valence-electron chi connectivity index (χ3n) is 12.0. The SMILES string of the molecule is CCC(C)(C)C(=O)OCCOC(=O)c1ccc2cc(O)ccc2c1.CCC(C)(C)C(=O)OCCOC(=O)c1cccc2c(O)cccc12.CCC(C)(C)C(=O)OCCOc1ccc2cc(O)ccc2c1. The maximum Gasteiger partial charge on any atom is 0.338 e. The lowest BCUT2D eigenvalue weighted by molar-refractivity contribution is -0.155. The number of hydrogen-bond donors (Lipinski definition) is 3. The molecule has 0 fully saturated rings. The molecule has 14 nitrogen and oxygen atoms in total. The molecule has 0 aromatic heterocycles. The van der Waals surface area contributed by atoms with Crippen molar-refractivity contribution in [3.63, 3.8) is 0 Å². The van der Waals surface area contributed by atoms with Crippen LogP contribution in [0.4, 0.5) is 0 Å². The molecular formula is C56H66O14. The van der Waals surface area contributed by atoms with Gasteiger partial charge >= 0.3 is 29.8 Å². The smallest absolute Gasteiger partial charge is 0.338 e. The van der Waals surface area contributed by atoms with Crippen molar-refractivity contribution in [2.75, 3.05) is 39.6 Å². The number of esters is 5. The number of rotatable bonds is 18. The highest BCUT2D eigenvalue weighted by molar-refractivity contribution is 6.06. The third-order valence-corrected chi connectivity index (χ3v) is 12.0. The highest BCUT2D eigenvalue weighted by atomic mass is 16.6. The first kappa shape index (κ1) is 55.2. The van der Waals surface area contributed by atoms with Crippen LogP contribution in [0.1, 0.15) is 102 Å². The molecule has 0 spiro atoms. The van der Waals surface area contributed by atoms with E-state index in [1.165, 1.54) is 0 Å². The summed E-state index contributed by atoms with van der Waals surface area (Å²) in [6, 6.07) is 30.8. The van der Waals surface area contributed by atoms with Crippen LogP contribution in [0.5, 0.6) is 23.0 Å². The molecule has 0 heterocycles. The van der Waals surface area contributed by atoms with Crippen LogP contribution in [-0.2, 0) is 38.1 Å². The zero-order valence-corrected chi connectivity index (χ0v) is 41.6. The molecule has 0 aliphatic carbocycles. The summed E-state index contributed by atoms with van der Waals surface area (Å²) < 4.78 is 31.4. The Kier molecular flexibility index (Phi) is 20.0. The summed E-state index contributed by atoms with van der Waals surface area (Å²) in [4.78, 5) is 59.7. The molecular weight excluding hydrogens is 897 g/mol. The summed E-state index contributed by atoms with van der Waals surface area (Å²) in [5.74, 6) is -0.564. The molecule has 0 saturated heterocycles. The average molecular weight is 963 g/mol. The van der Waals surface area contributed by atoms with Crippen molar-refractivity contribution in [1.29, 1.82) is 0 Å². The molecule has 0 bridgehead atoms. The summed E-state index contributed by atoms with van der Waals surface area (Å²) in [6.45, 7) is 17.4. The Morgan fingerprint density at radius 1 is 0.429 bits per heavy atom. The number of aromatic hydroxyl groups is 3. The van der Waals surface area contributed by atoms with Gasteiger partial charge in [0.1, 0.15) is 62.6 Å². The fourth-order valence-electron chi connectivity index (χ4n) is 6.14. The maximum atomic E-state index is 12.2. The standard InChI is InChI=1S/2C19H22O5.C18H22O4/c1-4-19(2,3)18(22)24-12-11-23-17(21)15-9-5-8-14-13(15)7-6-10-16(14)20;1-4-19(2,3)18(22)24-10-9-23-17(21)15-6-5-14-12-16(20)8-7-13(14)11-15;1-4-18(2,3)17(20)22-10-9-21-16-8-6-13-11-15(19)7-5-14(13)12-16/h5-10,20H,4,11-12H2,1-3H3;5-8,11-12,20H,4,9-10H2,1-3H3;5-8,11-12,19H,4,9-10H2,1-3H3. The first-order valence-electron chi connectivity index (χ1n) is 23.3. The molecule has 0 saturated carbocycles. The average Bonchev–Trinajstić information content (AvgIpc) is 3.35. The fourth-order valence-corrected chi connectivity index (χ4v) is 6.14. The van der Waals surface area contributed by atoms with Gasteiger partial charge < -0.3 is 43.7 Å². The molecule has 0 aliphatic rings. The monoisotopic (exact) mass is 962 g/mol. The van der Waals surface area contributed by atoms with Gasteiger partial charge in [-0.05, 0) is 148 Å². The van der Waals surface area contributed by atoms with E-state index in [0.717, 1.165) is 28.0 Å². The normalized spacial score (nSPS) is 11.3. The minimum Gasteiger partial charge on any atom is -0.508 e. The van der Waals surface area contributed by atoms with Gasteiger partial charge in [0.05, 0.1) is 27.4 Å². The molecule has 374 valence electrons.